The first kappa shape index (κ1) is 35.2. The predicted molar refractivity (Wildman–Crippen MR) is 333 cm³/mol. The van der Waals surface area contributed by atoms with Crippen molar-refractivity contribution >= 4 is 61.7 Å². The number of imidazole rings is 1. The Balaban J connectivity index is 1.04. The van der Waals surface area contributed by atoms with Gasteiger partial charge in [0.2, 0.25) is 0 Å². The first-order valence-corrected chi connectivity index (χ1v) is 28.5. The maximum atomic E-state index is 9.84. The van der Waals surface area contributed by atoms with Crippen molar-refractivity contribution in [3.63, 3.8) is 0 Å². The topological polar surface area (TPSA) is 35.9 Å². The maximum Gasteiger partial charge on any atom is 0.269 e. The minimum Gasteiger partial charge on any atom is -0.458 e. The van der Waals surface area contributed by atoms with Gasteiger partial charge in [-0.25, -0.2) is 4.98 Å². The van der Waals surface area contributed by atoms with E-state index in [0.29, 0.717) is 39.6 Å². The van der Waals surface area contributed by atoms with E-state index in [1.165, 1.54) is 0 Å². The number of hydrogen-bond donors (Lipinski definition) is 0. The van der Waals surface area contributed by atoms with Crippen LogP contribution >= 0.6 is 0 Å². The summed E-state index contributed by atoms with van der Waals surface area (Å²) in [6.45, 7) is 12.8. The minimum atomic E-state index is -5.55. The molecular weight excluding hydrogens is 989 g/mol. The van der Waals surface area contributed by atoms with Crippen molar-refractivity contribution < 1.29 is 29.9 Å². The number of aromatic nitrogens is 4. The van der Waals surface area contributed by atoms with Crippen LogP contribution in [0.2, 0.25) is 0 Å². The lowest BCUT2D eigenvalue weighted by Crippen LogP contribution is -2.74. The molecule has 0 bridgehead atoms. The van der Waals surface area contributed by atoms with Crippen molar-refractivity contribution in [1.29, 1.82) is 0 Å². The largest absolute Gasteiger partial charge is 0.458 e. The van der Waals surface area contributed by atoms with Gasteiger partial charge in [0.1, 0.15) is 17.3 Å². The van der Waals surface area contributed by atoms with Crippen molar-refractivity contribution in [2.75, 3.05) is 0 Å². The number of fused-ring (bicyclic) bond motifs is 10. The molecule has 13 aromatic rings. The molecule has 0 saturated carbocycles. The van der Waals surface area contributed by atoms with E-state index >= 15 is 0 Å². The predicted octanol–water partition coefficient (Wildman–Crippen LogP) is 15.3. The fourth-order valence-electron chi connectivity index (χ4n) is 11.7. The summed E-state index contributed by atoms with van der Waals surface area (Å²) < 4.78 is 154. The van der Waals surface area contributed by atoms with Gasteiger partial charge in [-0.2, -0.15) is 0 Å². The highest BCUT2D eigenvalue weighted by Crippen LogP contribution is 2.45. The Morgan fingerprint density at radius 3 is 1.76 bits per heavy atom. The second-order valence-corrected chi connectivity index (χ2v) is 25.8. The van der Waals surface area contributed by atoms with Crippen molar-refractivity contribution in [3.05, 3.63) is 272 Å². The summed E-state index contributed by atoms with van der Waals surface area (Å²) in [7, 11) is -5.55. The van der Waals surface area contributed by atoms with E-state index in [-0.39, 0.29) is 10.6 Å². The highest BCUT2D eigenvalue weighted by atomic mass is 28.3. The molecule has 0 saturated heterocycles. The molecule has 0 amide bonds. The van der Waals surface area contributed by atoms with Gasteiger partial charge in [-0.05, 0) is 125 Å². The van der Waals surface area contributed by atoms with Gasteiger partial charge in [-0.15, -0.1) is 0 Å². The lowest BCUT2D eigenvalue weighted by molar-refractivity contribution is -0.572. The van der Waals surface area contributed by atoms with Crippen molar-refractivity contribution in [2.45, 2.75) is 52.4 Å². The van der Waals surface area contributed by atoms with Gasteiger partial charge < -0.3 is 4.74 Å². The zero-order valence-electron chi connectivity index (χ0n) is 59.8. The Kier molecular flexibility index (Phi) is 8.33. The van der Waals surface area contributed by atoms with Gasteiger partial charge in [0, 0.05) is 23.0 Å². The van der Waals surface area contributed by atoms with Crippen LogP contribution in [-0.4, -0.2) is 22.2 Å². The van der Waals surface area contributed by atoms with Gasteiger partial charge in [0.25, 0.3) is 6.33 Å². The van der Waals surface area contributed by atoms with Crippen molar-refractivity contribution in [2.24, 2.45) is 0 Å². The van der Waals surface area contributed by atoms with E-state index in [4.69, 9.17) is 13.8 Å². The smallest absolute Gasteiger partial charge is 0.269 e. The Hall–Kier alpha value is -9.36. The number of hydrogen-bond acceptors (Lipinski definition) is 2. The molecule has 0 spiro atoms. The average Bonchev–Trinajstić information content (AvgIpc) is 1.34. The summed E-state index contributed by atoms with van der Waals surface area (Å²) in [6.07, 6.45) is 5.67. The summed E-state index contributed by atoms with van der Waals surface area (Å²) >= 11 is 0. The van der Waals surface area contributed by atoms with Gasteiger partial charge in [-0.1, -0.05) is 235 Å². The van der Waals surface area contributed by atoms with E-state index in [2.05, 4.69) is 82.8 Å². The number of pyridine rings is 1. The number of rotatable bonds is 8. The third kappa shape index (κ3) is 7.96. The second-order valence-electron chi connectivity index (χ2n) is 22.2. The third-order valence-corrected chi connectivity index (χ3v) is 19.6. The van der Waals surface area contributed by atoms with Crippen LogP contribution < -0.4 is 30.1 Å². The fourth-order valence-corrected chi connectivity index (χ4v) is 15.5. The summed E-state index contributed by atoms with van der Waals surface area (Å²) in [5.74, 6) is 1.93. The molecule has 0 aliphatic carbocycles. The SMILES string of the molecule is [2H]c1c([2H])c([2H])c([Si](c2ccc3c(c2)-c2cccc(C(C)(C)C)c2-[n+]2[c-]n(-c4cccc(Oc5ccc6c7ccccc7n(-c7cc(C(C)(C)C)ccn7)c6c5)c4)c4cccc(c42)-c2ccccc2-3)(c2c([2H])c([2H])c([2H])c([2H])c2[2H])c2c([2H])c([2H])c([2H])c([2H])c2[2H])c([2H])c1[2H]. The molecule has 10 aromatic carbocycles. The highest BCUT2D eigenvalue weighted by Gasteiger charge is 2.42. The normalized spacial score (nSPS) is 15.0. The van der Waals surface area contributed by atoms with Crippen LogP contribution in [0.4, 0.5) is 0 Å². The van der Waals surface area contributed by atoms with Crippen LogP contribution in [0.25, 0.3) is 83.4 Å². The van der Waals surface area contributed by atoms with E-state index in [1.807, 2.05) is 125 Å². The zero-order valence-corrected chi connectivity index (χ0v) is 45.8. The van der Waals surface area contributed by atoms with E-state index < -0.39 is 120 Å². The molecule has 0 radical (unpaired) electrons. The van der Waals surface area contributed by atoms with Crippen LogP contribution in [0.3, 0.4) is 0 Å². The molecule has 3 aromatic heterocycles. The Labute approximate surface area is 490 Å². The molecule has 1 aliphatic heterocycles. The van der Waals surface area contributed by atoms with Gasteiger partial charge >= 0.3 is 0 Å². The summed E-state index contributed by atoms with van der Waals surface area (Å²) in [5, 5.41) is 0.394. The van der Waals surface area contributed by atoms with E-state index in [0.717, 1.165) is 66.5 Å². The molecule has 80 heavy (non-hydrogen) atoms. The average molecular weight is 1060 g/mol. The van der Waals surface area contributed by atoms with Crippen LogP contribution in [0.1, 0.15) is 73.2 Å². The quantitative estimate of drug-likeness (QED) is 0.0658. The number of benzene rings is 10. The zero-order chi connectivity index (χ0) is 67.4. The molecule has 4 heterocycles. The molecule has 5 nitrogen and oxygen atoms in total. The Morgan fingerprint density at radius 1 is 0.475 bits per heavy atom. The first-order chi connectivity index (χ1) is 45.2. The molecule has 0 fully saturated rings. The molecule has 0 N–H and O–H groups in total. The molecular formula is C74H60N4OSi. The Bertz CT molecular complexity index is 5220. The number of nitrogens with zero attached hydrogens (tertiary/aromatic N) is 4. The number of para-hydroxylation sites is 3. The minimum absolute atomic E-state index is 0.00581. The van der Waals surface area contributed by atoms with Crippen LogP contribution in [0.15, 0.2) is 255 Å². The second kappa shape index (κ2) is 18.9. The number of ether oxygens (including phenoxy) is 1. The standard InChI is InChI=1S/C74H60N4OSi/c1-73(2,3)50-43-44-75-70(45-50)78-67-37-19-18-33-61(67)62-41-39-53(47-69(62)78)79-52-24-20-23-51(46-52)76-49-77-71-64(34-21-36-66(71)74(4,5)6)65-48-57(40-42-60(65)58-31-16-17-32-59(58)63-35-22-38-68(76)72(63)77)80(54-25-10-7-11-26-54,55-27-12-8-13-28-55)56-29-14-9-15-30-56/h7-48H,1-6H3/i7D,8D,9D,10D,11D,12D,13D,14D,15D,25D,26D,27D,28D,29D,30D. The molecule has 6 heteroatoms. The third-order valence-electron chi connectivity index (χ3n) is 15.4. The Morgan fingerprint density at radius 2 is 1.06 bits per heavy atom. The summed E-state index contributed by atoms with van der Waals surface area (Å²) in [4.78, 5) is 4.89. The van der Waals surface area contributed by atoms with Crippen molar-refractivity contribution in [3.8, 4) is 62.1 Å². The van der Waals surface area contributed by atoms with Gasteiger partial charge in [-0.3, -0.25) is 13.7 Å². The van der Waals surface area contributed by atoms with Crippen molar-refractivity contribution in [1.82, 2.24) is 14.1 Å². The van der Waals surface area contributed by atoms with Gasteiger partial charge in [0.15, 0.2) is 8.07 Å². The highest BCUT2D eigenvalue weighted by molar-refractivity contribution is 7.20. The summed E-state index contributed by atoms with van der Waals surface area (Å²) in [6, 6.07) is 38.6. The van der Waals surface area contributed by atoms with Crippen LogP contribution in [-0.2, 0) is 10.8 Å². The van der Waals surface area contributed by atoms with Crippen LogP contribution in [0, 0.1) is 6.33 Å². The first-order valence-electron chi connectivity index (χ1n) is 34.0. The fraction of sp³-hybridized carbons (Fsp3) is 0.108. The van der Waals surface area contributed by atoms with E-state index in [9.17, 15) is 16.4 Å². The molecule has 0 atom stereocenters. The molecule has 386 valence electrons. The summed E-state index contributed by atoms with van der Waals surface area (Å²) in [5.41, 5.74) is 10.1. The van der Waals surface area contributed by atoms with Gasteiger partial charge in [0.05, 0.1) is 54.0 Å². The molecule has 1 aliphatic rings. The molecule has 0 unspecified atom stereocenters. The van der Waals surface area contributed by atoms with Crippen LogP contribution in [0.5, 0.6) is 11.5 Å². The monoisotopic (exact) mass is 1060 g/mol. The van der Waals surface area contributed by atoms with E-state index in [1.54, 1.807) is 18.2 Å². The lowest BCUT2D eigenvalue weighted by Gasteiger charge is -2.35. The molecule has 14 rings (SSSR count). The lowest BCUT2D eigenvalue weighted by atomic mass is 9.82. The maximum absolute atomic E-state index is 9.84.